The summed E-state index contributed by atoms with van der Waals surface area (Å²) in [7, 11) is 1.67. The van der Waals surface area contributed by atoms with E-state index >= 15 is 0 Å². The molecule has 0 radical (unpaired) electrons. The minimum atomic E-state index is -0.249. The molecule has 0 aliphatic heterocycles. The van der Waals surface area contributed by atoms with Gasteiger partial charge in [-0.05, 0) is 44.4 Å². The number of aryl methyl sites for hydroxylation is 4. The predicted molar refractivity (Wildman–Crippen MR) is 135 cm³/mol. The number of thiophene rings is 1. The van der Waals surface area contributed by atoms with E-state index in [0.29, 0.717) is 38.8 Å². The molecule has 11 heteroatoms. The van der Waals surface area contributed by atoms with Crippen molar-refractivity contribution in [1.82, 2.24) is 24.7 Å². The van der Waals surface area contributed by atoms with E-state index in [9.17, 15) is 9.59 Å². The van der Waals surface area contributed by atoms with E-state index in [1.807, 2.05) is 36.6 Å². The molecule has 0 spiro atoms. The number of hydrogen-bond acceptors (Lipinski definition) is 8. The number of anilines is 1. The molecule has 0 bridgehead atoms. The third kappa shape index (κ3) is 5.21. The van der Waals surface area contributed by atoms with Crippen LogP contribution in [0.1, 0.15) is 38.6 Å². The van der Waals surface area contributed by atoms with E-state index < -0.39 is 0 Å². The Labute approximate surface area is 205 Å². The Morgan fingerprint density at radius 2 is 2.12 bits per heavy atom. The summed E-state index contributed by atoms with van der Waals surface area (Å²) < 4.78 is 7.05. The van der Waals surface area contributed by atoms with Crippen molar-refractivity contribution in [1.29, 1.82) is 0 Å². The molecule has 3 aromatic heterocycles. The van der Waals surface area contributed by atoms with E-state index in [4.69, 9.17) is 4.74 Å². The number of rotatable bonds is 9. The lowest BCUT2D eigenvalue weighted by Crippen LogP contribution is -2.13. The van der Waals surface area contributed by atoms with Crippen molar-refractivity contribution in [2.45, 2.75) is 44.6 Å². The number of carbonyl (C=O) groups is 1. The second-order valence-corrected chi connectivity index (χ2v) is 9.90. The van der Waals surface area contributed by atoms with Crippen LogP contribution in [0.4, 0.5) is 5.69 Å². The topological polar surface area (TPSA) is 115 Å². The largest absolute Gasteiger partial charge is 0.385 e. The summed E-state index contributed by atoms with van der Waals surface area (Å²) in [5.41, 5.74) is 3.25. The average molecular weight is 499 g/mol. The van der Waals surface area contributed by atoms with Crippen molar-refractivity contribution >= 4 is 44.9 Å². The summed E-state index contributed by atoms with van der Waals surface area (Å²) in [6, 6.07) is 5.86. The summed E-state index contributed by atoms with van der Waals surface area (Å²) in [5.74, 6) is 0.707. The number of methoxy groups -OCH3 is 1. The van der Waals surface area contributed by atoms with Gasteiger partial charge >= 0.3 is 0 Å². The second-order valence-electron chi connectivity index (χ2n) is 7.96. The van der Waals surface area contributed by atoms with Crippen molar-refractivity contribution < 1.29 is 9.53 Å². The molecular formula is C23H26N6O3S2. The van der Waals surface area contributed by atoms with Gasteiger partial charge in [0.25, 0.3) is 11.5 Å². The number of fused-ring (bicyclic) bond motifs is 1. The minimum absolute atomic E-state index is 0.244. The van der Waals surface area contributed by atoms with Crippen LogP contribution in [0.2, 0.25) is 0 Å². The molecule has 1 amide bonds. The first-order chi connectivity index (χ1) is 16.4. The van der Waals surface area contributed by atoms with Gasteiger partial charge in [-0.3, -0.25) is 9.59 Å². The number of carbonyl (C=O) groups excluding carboxylic acids is 1. The summed E-state index contributed by atoms with van der Waals surface area (Å²) in [6.45, 7) is 7.15. The fourth-order valence-electron chi connectivity index (χ4n) is 3.63. The maximum Gasteiger partial charge on any atom is 0.266 e. The van der Waals surface area contributed by atoms with E-state index in [1.165, 1.54) is 23.1 Å². The molecule has 0 unspecified atom stereocenters. The number of amides is 1. The lowest BCUT2D eigenvalue weighted by Gasteiger charge is -2.08. The Morgan fingerprint density at radius 1 is 1.29 bits per heavy atom. The third-order valence-corrected chi connectivity index (χ3v) is 7.53. The molecule has 0 atom stereocenters. The van der Waals surface area contributed by atoms with Gasteiger partial charge in [0.2, 0.25) is 0 Å². The summed E-state index contributed by atoms with van der Waals surface area (Å²) >= 11 is 2.67. The van der Waals surface area contributed by atoms with Gasteiger partial charge in [-0.25, -0.2) is 4.98 Å². The predicted octanol–water partition coefficient (Wildman–Crippen LogP) is 4.08. The van der Waals surface area contributed by atoms with Crippen LogP contribution in [0.5, 0.6) is 0 Å². The minimum Gasteiger partial charge on any atom is -0.385 e. The van der Waals surface area contributed by atoms with Gasteiger partial charge in [0.05, 0.1) is 16.0 Å². The Morgan fingerprint density at radius 3 is 2.88 bits per heavy atom. The SMILES string of the molecule is COCCCn1cnnc1SCc1nc2sc(C(=O)Nc3ccc(C)cc3C)c(C)c2c(=O)[nH]1. The molecule has 3 heterocycles. The molecule has 178 valence electrons. The van der Waals surface area contributed by atoms with Crippen LogP contribution in [0.25, 0.3) is 10.2 Å². The van der Waals surface area contributed by atoms with Crippen LogP contribution >= 0.6 is 23.1 Å². The molecule has 0 aliphatic carbocycles. The Hall–Kier alpha value is -3.02. The molecule has 4 aromatic rings. The summed E-state index contributed by atoms with van der Waals surface area (Å²) in [5, 5.41) is 12.3. The monoisotopic (exact) mass is 498 g/mol. The molecular weight excluding hydrogens is 472 g/mol. The van der Waals surface area contributed by atoms with Gasteiger partial charge in [-0.1, -0.05) is 29.5 Å². The van der Waals surface area contributed by atoms with Crippen molar-refractivity contribution in [3.05, 3.63) is 62.3 Å². The van der Waals surface area contributed by atoms with Crippen LogP contribution in [0, 0.1) is 20.8 Å². The normalized spacial score (nSPS) is 11.3. The third-order valence-electron chi connectivity index (χ3n) is 5.35. The first kappa shape index (κ1) is 24.1. The zero-order valence-corrected chi connectivity index (χ0v) is 21.1. The molecule has 4 rings (SSSR count). The highest BCUT2D eigenvalue weighted by Crippen LogP contribution is 2.29. The van der Waals surface area contributed by atoms with Gasteiger partial charge in [0.1, 0.15) is 17.0 Å². The molecule has 0 aliphatic rings. The van der Waals surface area contributed by atoms with Crippen molar-refractivity contribution in [2.24, 2.45) is 0 Å². The smallest absolute Gasteiger partial charge is 0.266 e. The van der Waals surface area contributed by atoms with Crippen molar-refractivity contribution in [3.63, 3.8) is 0 Å². The highest BCUT2D eigenvalue weighted by Gasteiger charge is 2.20. The van der Waals surface area contributed by atoms with Crippen LogP contribution in [0.3, 0.4) is 0 Å². The van der Waals surface area contributed by atoms with E-state index in [2.05, 4.69) is 25.5 Å². The number of hydrogen-bond donors (Lipinski definition) is 2. The molecule has 0 saturated carbocycles. The number of benzene rings is 1. The lowest BCUT2D eigenvalue weighted by atomic mass is 10.1. The molecule has 9 nitrogen and oxygen atoms in total. The fourth-order valence-corrected chi connectivity index (χ4v) is 5.54. The molecule has 2 N–H and O–H groups in total. The second kappa shape index (κ2) is 10.5. The molecule has 34 heavy (non-hydrogen) atoms. The fraction of sp³-hybridized carbons (Fsp3) is 0.348. The zero-order chi connectivity index (χ0) is 24.2. The van der Waals surface area contributed by atoms with E-state index in [-0.39, 0.29) is 11.5 Å². The number of aromatic amines is 1. The van der Waals surface area contributed by atoms with Crippen molar-refractivity contribution in [3.8, 4) is 0 Å². The quantitative estimate of drug-likeness (QED) is 0.264. The van der Waals surface area contributed by atoms with Gasteiger partial charge in [-0.15, -0.1) is 21.5 Å². The summed E-state index contributed by atoms with van der Waals surface area (Å²) in [4.78, 5) is 34.3. The number of nitrogens with zero attached hydrogens (tertiary/aromatic N) is 4. The van der Waals surface area contributed by atoms with Gasteiger partial charge < -0.3 is 19.6 Å². The van der Waals surface area contributed by atoms with Gasteiger partial charge in [0.15, 0.2) is 5.16 Å². The standard InChI is InChI=1S/C23H26N6O3S2/c1-13-6-7-16(14(2)10-13)25-21(31)19-15(3)18-20(30)26-17(27-22(18)34-19)11-33-23-28-24-12-29(23)8-5-9-32-4/h6-7,10,12H,5,8-9,11H2,1-4H3,(H,25,31)(H,26,27,30). The maximum absolute atomic E-state index is 13.0. The zero-order valence-electron chi connectivity index (χ0n) is 19.5. The number of nitrogens with one attached hydrogen (secondary N) is 2. The number of aromatic nitrogens is 5. The molecule has 0 fully saturated rings. The Bertz CT molecular complexity index is 1390. The Balaban J connectivity index is 1.53. The van der Waals surface area contributed by atoms with Crippen LogP contribution in [0.15, 0.2) is 34.5 Å². The summed E-state index contributed by atoms with van der Waals surface area (Å²) in [6.07, 6.45) is 2.53. The van der Waals surface area contributed by atoms with Crippen LogP contribution in [-0.2, 0) is 17.0 Å². The average Bonchev–Trinajstić information content (AvgIpc) is 3.38. The van der Waals surface area contributed by atoms with Crippen LogP contribution in [-0.4, -0.2) is 44.4 Å². The number of ether oxygens (including phenoxy) is 1. The van der Waals surface area contributed by atoms with Crippen molar-refractivity contribution in [2.75, 3.05) is 19.0 Å². The van der Waals surface area contributed by atoms with Gasteiger partial charge in [0, 0.05) is 25.9 Å². The first-order valence-electron chi connectivity index (χ1n) is 10.8. The molecule has 1 aromatic carbocycles. The highest BCUT2D eigenvalue weighted by atomic mass is 32.2. The van der Waals surface area contributed by atoms with Gasteiger partial charge in [-0.2, -0.15) is 0 Å². The number of H-pyrrole nitrogens is 1. The lowest BCUT2D eigenvalue weighted by molar-refractivity contribution is 0.103. The number of thioether (sulfide) groups is 1. The Kier molecular flexibility index (Phi) is 7.44. The van der Waals surface area contributed by atoms with Crippen LogP contribution < -0.4 is 10.9 Å². The highest BCUT2D eigenvalue weighted by molar-refractivity contribution is 7.98. The first-order valence-corrected chi connectivity index (χ1v) is 12.6. The maximum atomic E-state index is 13.0. The van der Waals surface area contributed by atoms with E-state index in [0.717, 1.165) is 34.9 Å². The van der Waals surface area contributed by atoms with E-state index in [1.54, 1.807) is 20.4 Å². The molecule has 0 saturated heterocycles.